The molecule has 6 aliphatic carbocycles. The van der Waals surface area contributed by atoms with Crippen molar-refractivity contribution in [3.63, 3.8) is 0 Å². The highest BCUT2D eigenvalue weighted by atomic mass is 15.2. The van der Waals surface area contributed by atoms with E-state index in [-0.39, 0.29) is 5.41 Å². The summed E-state index contributed by atoms with van der Waals surface area (Å²) in [6, 6.07) is 71.5. The van der Waals surface area contributed by atoms with E-state index in [1.54, 1.807) is 0 Å². The lowest BCUT2D eigenvalue weighted by Gasteiger charge is -2.32. The molecule has 0 amide bonds. The van der Waals surface area contributed by atoms with Crippen molar-refractivity contribution in [2.45, 2.75) is 95.8 Å². The molecule has 0 heterocycles. The number of benzene rings is 8. The van der Waals surface area contributed by atoms with Gasteiger partial charge in [0.25, 0.3) is 0 Å². The molecule has 8 aromatic rings. The molecule has 0 atom stereocenters. The van der Waals surface area contributed by atoms with Gasteiger partial charge in [-0.15, -0.1) is 0 Å². The molecule has 14 rings (SSSR count). The average molecular weight is 845 g/mol. The summed E-state index contributed by atoms with van der Waals surface area (Å²) < 4.78 is 0. The van der Waals surface area contributed by atoms with Gasteiger partial charge >= 0.3 is 0 Å². The van der Waals surface area contributed by atoms with Gasteiger partial charge in [0.15, 0.2) is 0 Å². The van der Waals surface area contributed by atoms with Gasteiger partial charge in [-0.3, -0.25) is 0 Å². The predicted octanol–water partition coefficient (Wildman–Crippen LogP) is 17.3. The first-order chi connectivity index (χ1) is 32.0. The molecule has 322 valence electrons. The summed E-state index contributed by atoms with van der Waals surface area (Å²) in [5.41, 5.74) is 22.3. The molecular formula is C63H60N2. The third-order valence-electron chi connectivity index (χ3n) is 14.9. The van der Waals surface area contributed by atoms with E-state index in [0.717, 1.165) is 25.7 Å². The van der Waals surface area contributed by atoms with Gasteiger partial charge in [-0.05, 0) is 166 Å². The summed E-state index contributed by atoms with van der Waals surface area (Å²) in [6.45, 7) is 4.84. The van der Waals surface area contributed by atoms with Gasteiger partial charge in [-0.1, -0.05) is 173 Å². The van der Waals surface area contributed by atoms with Crippen LogP contribution >= 0.6 is 0 Å². The summed E-state index contributed by atoms with van der Waals surface area (Å²) in [6.07, 6.45) is 13.1. The number of anilines is 6. The van der Waals surface area contributed by atoms with Crippen molar-refractivity contribution in [3.8, 4) is 22.3 Å². The van der Waals surface area contributed by atoms with Crippen LogP contribution in [0.4, 0.5) is 34.1 Å². The van der Waals surface area contributed by atoms with E-state index in [4.69, 9.17) is 0 Å². The van der Waals surface area contributed by atoms with Gasteiger partial charge in [0, 0.05) is 39.5 Å². The highest BCUT2D eigenvalue weighted by Crippen LogP contribution is 2.55. The Bertz CT molecular complexity index is 2880. The number of nitrogens with zero attached hydrogens (tertiary/aromatic N) is 2. The highest BCUT2D eigenvalue weighted by Gasteiger charge is 2.38. The Kier molecular flexibility index (Phi) is 11.2. The van der Waals surface area contributed by atoms with E-state index < -0.39 is 0 Å². The van der Waals surface area contributed by atoms with Crippen LogP contribution in [0.5, 0.6) is 0 Å². The van der Waals surface area contributed by atoms with Crippen molar-refractivity contribution in [2.75, 3.05) is 9.80 Å². The van der Waals surface area contributed by atoms with Crippen LogP contribution in [0.3, 0.4) is 0 Å². The van der Waals surface area contributed by atoms with Crippen molar-refractivity contribution in [1.82, 2.24) is 0 Å². The molecule has 0 aromatic heterocycles. The lowest BCUT2D eigenvalue weighted by atomic mass is 9.81. The lowest BCUT2D eigenvalue weighted by molar-refractivity contribution is 0.455. The number of aryl methyl sites for hydroxylation is 4. The Morgan fingerprint density at radius 3 is 1.51 bits per heavy atom. The number of fused-ring (bicyclic) bond motifs is 3. The molecule has 0 saturated heterocycles. The SMILES string of the molecule is CC1(C)c2ccccc2-c2c(-c3ccccc3)cc(N(c3ccc(C4CCCCCCC4)cc3)c3cc4ccc3CCc3ccc(c(N(c5ccccc5)c5ccccc5)c3)CC4)cc21. The molecule has 2 heteroatoms. The van der Waals surface area contributed by atoms with Gasteiger partial charge in [0.05, 0.1) is 0 Å². The van der Waals surface area contributed by atoms with E-state index in [0.29, 0.717) is 5.92 Å². The van der Waals surface area contributed by atoms with Crippen molar-refractivity contribution in [1.29, 1.82) is 0 Å². The largest absolute Gasteiger partial charge is 0.310 e. The quantitative estimate of drug-likeness (QED) is 0.150. The Labute approximate surface area is 387 Å². The van der Waals surface area contributed by atoms with Gasteiger partial charge in [-0.2, -0.15) is 0 Å². The summed E-state index contributed by atoms with van der Waals surface area (Å²) in [4.78, 5) is 5.08. The summed E-state index contributed by atoms with van der Waals surface area (Å²) in [5.74, 6) is 0.641. The fourth-order valence-corrected chi connectivity index (χ4v) is 11.4. The van der Waals surface area contributed by atoms with Gasteiger partial charge in [0.1, 0.15) is 0 Å². The molecule has 1 saturated carbocycles. The number of para-hydroxylation sites is 2. The zero-order chi connectivity index (χ0) is 43.7. The van der Waals surface area contributed by atoms with E-state index in [9.17, 15) is 0 Å². The smallest absolute Gasteiger partial charge is 0.0496 e. The topological polar surface area (TPSA) is 6.48 Å². The van der Waals surface area contributed by atoms with Crippen LogP contribution in [-0.4, -0.2) is 0 Å². The Morgan fingerprint density at radius 1 is 0.400 bits per heavy atom. The van der Waals surface area contributed by atoms with Crippen LogP contribution in [0.25, 0.3) is 22.3 Å². The Hall–Kier alpha value is -6.64. The zero-order valence-corrected chi connectivity index (χ0v) is 38.1. The summed E-state index contributed by atoms with van der Waals surface area (Å²) >= 11 is 0. The fourth-order valence-electron chi connectivity index (χ4n) is 11.4. The van der Waals surface area contributed by atoms with Crippen molar-refractivity contribution < 1.29 is 0 Å². The zero-order valence-electron chi connectivity index (χ0n) is 38.1. The first-order valence-corrected chi connectivity index (χ1v) is 24.4. The van der Waals surface area contributed by atoms with E-state index >= 15 is 0 Å². The Morgan fingerprint density at radius 2 is 0.908 bits per heavy atom. The van der Waals surface area contributed by atoms with Crippen molar-refractivity contribution in [2.24, 2.45) is 0 Å². The standard InChI is InChI=1S/C63H60N2/c1-63(2)58-28-18-17-27-56(58)62-57(49-21-11-6-12-22-49)43-55(44-59(62)63)65(54-39-37-48(38-40-54)47-19-9-4-3-5-10-20-47)61-42-46-30-34-50-33-29-45(31-35-51(61)36-32-46)41-60(50)64(52-23-13-7-14-24-52)53-25-15-8-16-26-53/h6-8,11-18,21-29,32-33,36-44,47H,3-5,9-10,19-20,30-31,34-35H2,1-2H3. The van der Waals surface area contributed by atoms with Gasteiger partial charge in [0.2, 0.25) is 0 Å². The average Bonchev–Trinajstić information content (AvgIpc) is 3.57. The molecule has 4 bridgehead atoms. The number of hydrogen-bond donors (Lipinski definition) is 0. The van der Waals surface area contributed by atoms with E-state index in [1.165, 1.54) is 140 Å². The van der Waals surface area contributed by atoms with Crippen LogP contribution in [0.2, 0.25) is 0 Å². The minimum absolute atomic E-state index is 0.155. The first kappa shape index (κ1) is 41.1. The molecule has 1 fully saturated rings. The maximum Gasteiger partial charge on any atom is 0.0496 e. The lowest BCUT2D eigenvalue weighted by Crippen LogP contribution is -2.18. The van der Waals surface area contributed by atoms with Crippen LogP contribution in [0, 0.1) is 0 Å². The second kappa shape index (κ2) is 17.7. The maximum absolute atomic E-state index is 2.62. The normalized spacial score (nSPS) is 15.5. The summed E-state index contributed by atoms with van der Waals surface area (Å²) in [7, 11) is 0. The molecule has 0 aliphatic heterocycles. The van der Waals surface area contributed by atoms with Crippen LogP contribution < -0.4 is 9.80 Å². The van der Waals surface area contributed by atoms with Gasteiger partial charge in [-0.25, -0.2) is 0 Å². The molecule has 0 N–H and O–H groups in total. The third-order valence-corrected chi connectivity index (χ3v) is 14.9. The van der Waals surface area contributed by atoms with Crippen molar-refractivity contribution >= 4 is 34.1 Å². The third kappa shape index (κ3) is 7.99. The second-order valence-corrected chi connectivity index (χ2v) is 19.4. The van der Waals surface area contributed by atoms with Crippen LogP contribution in [0.15, 0.2) is 188 Å². The van der Waals surface area contributed by atoms with Crippen LogP contribution in [-0.2, 0) is 31.1 Å². The number of rotatable bonds is 8. The molecule has 65 heavy (non-hydrogen) atoms. The maximum atomic E-state index is 2.62. The fraction of sp³-hybridized carbons (Fsp3) is 0.238. The predicted molar refractivity (Wildman–Crippen MR) is 275 cm³/mol. The second-order valence-electron chi connectivity index (χ2n) is 19.4. The molecule has 2 nitrogen and oxygen atoms in total. The molecule has 0 radical (unpaired) electrons. The van der Waals surface area contributed by atoms with Crippen LogP contribution in [0.1, 0.15) is 104 Å². The monoisotopic (exact) mass is 844 g/mol. The molecule has 6 aliphatic rings. The summed E-state index contributed by atoms with van der Waals surface area (Å²) in [5, 5.41) is 0. The van der Waals surface area contributed by atoms with Gasteiger partial charge < -0.3 is 9.80 Å². The first-order valence-electron chi connectivity index (χ1n) is 24.4. The molecule has 0 spiro atoms. The highest BCUT2D eigenvalue weighted by molar-refractivity contribution is 5.96. The van der Waals surface area contributed by atoms with E-state index in [1.807, 2.05) is 0 Å². The van der Waals surface area contributed by atoms with E-state index in [2.05, 4.69) is 212 Å². The molecule has 0 unspecified atom stereocenters. The minimum Gasteiger partial charge on any atom is -0.310 e. The molecule has 8 aromatic carbocycles. The number of hydrogen-bond acceptors (Lipinski definition) is 2. The Balaban J connectivity index is 1.05. The minimum atomic E-state index is -0.155. The molecular weight excluding hydrogens is 785 g/mol. The van der Waals surface area contributed by atoms with Crippen molar-refractivity contribution in [3.05, 3.63) is 227 Å².